The second-order valence-corrected chi connectivity index (χ2v) is 6.92. The van der Waals surface area contributed by atoms with Crippen LogP contribution in [-0.4, -0.2) is 33.1 Å². The van der Waals surface area contributed by atoms with Crippen LogP contribution in [0.15, 0.2) is 6.33 Å². The van der Waals surface area contributed by atoms with Crippen molar-refractivity contribution in [1.29, 1.82) is 0 Å². The van der Waals surface area contributed by atoms with Gasteiger partial charge in [-0.05, 0) is 38.9 Å². The summed E-state index contributed by atoms with van der Waals surface area (Å²) in [7, 11) is 0. The summed E-state index contributed by atoms with van der Waals surface area (Å²) in [5, 5.41) is 4.20. The lowest BCUT2D eigenvalue weighted by Gasteiger charge is -2.17. The van der Waals surface area contributed by atoms with Gasteiger partial charge in [0.2, 0.25) is 5.88 Å². The summed E-state index contributed by atoms with van der Waals surface area (Å²) in [6.45, 7) is 6.12. The number of nitrogens with one attached hydrogen (secondary N) is 1. The normalized spacial score (nSPS) is 22.2. The Hall–Kier alpha value is -1.17. The maximum Gasteiger partial charge on any atom is 0.242 e. The first-order valence-electron chi connectivity index (χ1n) is 7.25. The number of anilines is 2. The van der Waals surface area contributed by atoms with Gasteiger partial charge in [0, 0.05) is 11.3 Å². The van der Waals surface area contributed by atoms with E-state index in [4.69, 9.17) is 10.5 Å². The van der Waals surface area contributed by atoms with Crippen molar-refractivity contribution in [2.75, 3.05) is 16.8 Å². The zero-order valence-corrected chi connectivity index (χ0v) is 13.2. The van der Waals surface area contributed by atoms with Crippen molar-refractivity contribution in [2.24, 2.45) is 0 Å². The Bertz CT molecular complexity index is 441. The van der Waals surface area contributed by atoms with Gasteiger partial charge in [-0.2, -0.15) is 16.7 Å². The Morgan fingerprint density at radius 2 is 2.25 bits per heavy atom. The zero-order chi connectivity index (χ0) is 14.5. The molecule has 1 saturated carbocycles. The molecule has 0 aliphatic heterocycles. The second kappa shape index (κ2) is 7.02. The summed E-state index contributed by atoms with van der Waals surface area (Å²) < 4.78 is 5.59. The van der Waals surface area contributed by atoms with E-state index in [0.29, 0.717) is 23.4 Å². The first-order chi connectivity index (χ1) is 9.60. The molecule has 0 aromatic carbocycles. The number of nitrogens with zero attached hydrogens (tertiary/aromatic N) is 2. The molecule has 0 saturated heterocycles. The van der Waals surface area contributed by atoms with E-state index in [0.717, 1.165) is 5.25 Å². The summed E-state index contributed by atoms with van der Waals surface area (Å²) in [6.07, 6.45) is 5.15. The molecule has 1 aromatic heterocycles. The predicted molar refractivity (Wildman–Crippen MR) is 85.4 cm³/mol. The molecule has 0 amide bonds. The minimum absolute atomic E-state index is 0.0527. The maximum absolute atomic E-state index is 6.09. The van der Waals surface area contributed by atoms with Crippen molar-refractivity contribution in [3.8, 4) is 5.88 Å². The van der Waals surface area contributed by atoms with E-state index >= 15 is 0 Å². The summed E-state index contributed by atoms with van der Waals surface area (Å²) in [4.78, 5) is 8.34. The van der Waals surface area contributed by atoms with Crippen LogP contribution in [0.25, 0.3) is 0 Å². The molecule has 5 nitrogen and oxygen atoms in total. The lowest BCUT2D eigenvalue weighted by molar-refractivity contribution is 0.234. The number of nitrogens with two attached hydrogens (primary N) is 1. The van der Waals surface area contributed by atoms with Crippen LogP contribution in [0.3, 0.4) is 0 Å². The molecule has 6 heteroatoms. The fourth-order valence-corrected chi connectivity index (χ4v) is 3.61. The lowest BCUT2D eigenvalue weighted by atomic mass is 10.2. The molecule has 2 atom stereocenters. The minimum Gasteiger partial charge on any atom is -0.473 e. The molecule has 1 aromatic rings. The molecule has 2 rings (SSSR count). The molecule has 0 spiro atoms. The quantitative estimate of drug-likeness (QED) is 0.841. The monoisotopic (exact) mass is 296 g/mol. The highest BCUT2D eigenvalue weighted by Crippen LogP contribution is 2.33. The fraction of sp³-hybridized carbons (Fsp3) is 0.714. The van der Waals surface area contributed by atoms with Gasteiger partial charge in [-0.25, -0.2) is 4.98 Å². The Balaban J connectivity index is 1.99. The third kappa shape index (κ3) is 3.91. The number of nitrogen functional groups attached to an aromatic ring is 1. The first kappa shape index (κ1) is 15.2. The standard InChI is InChI=1S/C14H24N4OS/c1-4-20-11-6-5-10(7-11)18-13-12(15)14(17-8-16-13)19-9(2)3/h8-11H,4-7,15H2,1-3H3,(H,16,17,18). The van der Waals surface area contributed by atoms with Crippen molar-refractivity contribution in [2.45, 2.75) is 57.4 Å². The number of ether oxygens (including phenoxy) is 1. The molecule has 112 valence electrons. The largest absolute Gasteiger partial charge is 0.473 e. The van der Waals surface area contributed by atoms with Gasteiger partial charge < -0.3 is 15.8 Å². The molecule has 1 heterocycles. The topological polar surface area (TPSA) is 73.1 Å². The average molecular weight is 296 g/mol. The van der Waals surface area contributed by atoms with Crippen molar-refractivity contribution < 1.29 is 4.74 Å². The zero-order valence-electron chi connectivity index (χ0n) is 12.4. The van der Waals surface area contributed by atoms with Crippen LogP contribution in [-0.2, 0) is 0 Å². The van der Waals surface area contributed by atoms with Gasteiger partial charge in [0.05, 0.1) is 6.10 Å². The Morgan fingerprint density at radius 3 is 2.95 bits per heavy atom. The van der Waals surface area contributed by atoms with Crippen molar-refractivity contribution in [3.63, 3.8) is 0 Å². The highest BCUT2D eigenvalue weighted by Gasteiger charge is 2.25. The van der Waals surface area contributed by atoms with Crippen LogP contribution in [0.2, 0.25) is 0 Å². The van der Waals surface area contributed by atoms with E-state index in [1.54, 1.807) is 0 Å². The second-order valence-electron chi connectivity index (χ2n) is 5.34. The minimum atomic E-state index is 0.0527. The molecule has 20 heavy (non-hydrogen) atoms. The number of aromatic nitrogens is 2. The van der Waals surface area contributed by atoms with Gasteiger partial charge in [0.15, 0.2) is 5.82 Å². The Kier molecular flexibility index (Phi) is 5.34. The molecule has 0 radical (unpaired) electrons. The molecule has 1 fully saturated rings. The van der Waals surface area contributed by atoms with E-state index in [2.05, 4.69) is 22.2 Å². The van der Waals surface area contributed by atoms with Crippen LogP contribution in [0.5, 0.6) is 5.88 Å². The van der Waals surface area contributed by atoms with Gasteiger partial charge >= 0.3 is 0 Å². The fourth-order valence-electron chi connectivity index (χ4n) is 2.46. The van der Waals surface area contributed by atoms with Crippen LogP contribution < -0.4 is 15.8 Å². The van der Waals surface area contributed by atoms with Gasteiger partial charge in [-0.15, -0.1) is 0 Å². The number of hydrogen-bond acceptors (Lipinski definition) is 6. The summed E-state index contributed by atoms with van der Waals surface area (Å²) in [6, 6.07) is 0.447. The maximum atomic E-state index is 6.09. The third-order valence-corrected chi connectivity index (χ3v) is 4.56. The number of hydrogen-bond donors (Lipinski definition) is 2. The smallest absolute Gasteiger partial charge is 0.242 e. The molecule has 1 aliphatic carbocycles. The molecule has 2 unspecified atom stereocenters. The lowest BCUT2D eigenvalue weighted by Crippen LogP contribution is -2.19. The molecule has 3 N–H and O–H groups in total. The first-order valence-corrected chi connectivity index (χ1v) is 8.30. The third-order valence-electron chi connectivity index (χ3n) is 3.32. The van der Waals surface area contributed by atoms with E-state index in [-0.39, 0.29) is 6.10 Å². The van der Waals surface area contributed by atoms with Crippen LogP contribution in [0.4, 0.5) is 11.5 Å². The van der Waals surface area contributed by atoms with Crippen molar-refractivity contribution in [3.05, 3.63) is 6.33 Å². The van der Waals surface area contributed by atoms with Gasteiger partial charge in [0.1, 0.15) is 12.0 Å². The summed E-state index contributed by atoms with van der Waals surface area (Å²) in [5.41, 5.74) is 6.59. The number of rotatable bonds is 6. The van der Waals surface area contributed by atoms with Crippen molar-refractivity contribution >= 4 is 23.3 Å². The van der Waals surface area contributed by atoms with E-state index in [1.165, 1.54) is 31.3 Å². The van der Waals surface area contributed by atoms with E-state index in [9.17, 15) is 0 Å². The highest BCUT2D eigenvalue weighted by molar-refractivity contribution is 7.99. The van der Waals surface area contributed by atoms with E-state index in [1.807, 2.05) is 25.6 Å². The van der Waals surface area contributed by atoms with Gasteiger partial charge in [0.25, 0.3) is 0 Å². The van der Waals surface area contributed by atoms with Gasteiger partial charge in [-0.3, -0.25) is 0 Å². The average Bonchev–Trinajstić information content (AvgIpc) is 2.82. The molecule has 1 aliphatic rings. The van der Waals surface area contributed by atoms with Crippen molar-refractivity contribution in [1.82, 2.24) is 9.97 Å². The van der Waals surface area contributed by atoms with Crippen LogP contribution in [0.1, 0.15) is 40.0 Å². The van der Waals surface area contributed by atoms with E-state index < -0.39 is 0 Å². The summed E-state index contributed by atoms with van der Waals surface area (Å²) >= 11 is 2.04. The predicted octanol–water partition coefficient (Wildman–Crippen LogP) is 2.93. The SMILES string of the molecule is CCSC1CCC(Nc2ncnc(OC(C)C)c2N)C1. The highest BCUT2D eigenvalue weighted by atomic mass is 32.2. The Labute approximate surface area is 125 Å². The Morgan fingerprint density at radius 1 is 1.45 bits per heavy atom. The van der Waals surface area contributed by atoms with Crippen LogP contribution in [0, 0.1) is 0 Å². The van der Waals surface area contributed by atoms with Crippen LogP contribution >= 0.6 is 11.8 Å². The molecular formula is C14H24N4OS. The summed E-state index contributed by atoms with van der Waals surface area (Å²) in [5.74, 6) is 2.34. The van der Waals surface area contributed by atoms with Gasteiger partial charge in [-0.1, -0.05) is 6.92 Å². The molecule has 0 bridgehead atoms. The molecular weight excluding hydrogens is 272 g/mol. The number of thioether (sulfide) groups is 1.